The van der Waals surface area contributed by atoms with Crippen LogP contribution in [0.25, 0.3) is 0 Å². The van der Waals surface area contributed by atoms with E-state index in [4.69, 9.17) is 5.73 Å². The fraction of sp³-hybridized carbons (Fsp3) is 0.786. The lowest BCUT2D eigenvalue weighted by molar-refractivity contribution is 0.271. The van der Waals surface area contributed by atoms with Gasteiger partial charge in [-0.3, -0.25) is 5.10 Å². The molecular formula is C14H26N4O2S. The Labute approximate surface area is 126 Å². The highest BCUT2D eigenvalue weighted by molar-refractivity contribution is 7.89. The van der Waals surface area contributed by atoms with Crippen LogP contribution in [0.3, 0.4) is 0 Å². The molecule has 0 amide bonds. The van der Waals surface area contributed by atoms with Gasteiger partial charge in [0.2, 0.25) is 0 Å². The van der Waals surface area contributed by atoms with Crippen LogP contribution in [0.15, 0.2) is 5.03 Å². The summed E-state index contributed by atoms with van der Waals surface area (Å²) in [7, 11) is -3.57. The fourth-order valence-electron chi connectivity index (χ4n) is 3.18. The van der Waals surface area contributed by atoms with Gasteiger partial charge in [0.1, 0.15) is 0 Å². The molecule has 4 N–H and O–H groups in total. The van der Waals surface area contributed by atoms with Crippen molar-refractivity contribution in [3.63, 3.8) is 0 Å². The predicted molar refractivity (Wildman–Crippen MR) is 82.1 cm³/mol. The van der Waals surface area contributed by atoms with Gasteiger partial charge in [-0.05, 0) is 31.6 Å². The zero-order chi connectivity index (χ0) is 15.5. The molecule has 0 aromatic carbocycles. The molecule has 0 aliphatic heterocycles. The number of nitrogens with zero attached hydrogens (tertiary/aromatic N) is 1. The summed E-state index contributed by atoms with van der Waals surface area (Å²) in [5, 5.41) is 6.61. The van der Waals surface area contributed by atoms with E-state index in [0.29, 0.717) is 23.7 Å². The first kappa shape index (κ1) is 16.5. The third kappa shape index (κ3) is 4.05. The smallest absolute Gasteiger partial charge is 0.260 e. The highest BCUT2D eigenvalue weighted by Gasteiger charge is 2.24. The highest BCUT2D eigenvalue weighted by Crippen LogP contribution is 2.30. The Bertz CT molecular complexity index is 568. The molecule has 0 spiro atoms. The van der Waals surface area contributed by atoms with Crippen molar-refractivity contribution in [2.45, 2.75) is 57.5 Å². The first-order valence-corrected chi connectivity index (χ1v) is 9.16. The van der Waals surface area contributed by atoms with Crippen LogP contribution in [0.4, 0.5) is 0 Å². The van der Waals surface area contributed by atoms with E-state index in [2.05, 4.69) is 21.8 Å². The number of hydrogen-bond donors (Lipinski definition) is 3. The van der Waals surface area contributed by atoms with Gasteiger partial charge in [-0.25, -0.2) is 13.1 Å². The van der Waals surface area contributed by atoms with E-state index in [1.54, 1.807) is 6.92 Å². The Balaban J connectivity index is 1.92. The second kappa shape index (κ2) is 6.89. The molecule has 1 aliphatic carbocycles. The monoisotopic (exact) mass is 314 g/mol. The molecule has 0 radical (unpaired) electrons. The molecule has 6 nitrogen and oxygen atoms in total. The molecule has 2 unspecified atom stereocenters. The van der Waals surface area contributed by atoms with Crippen molar-refractivity contribution in [3.05, 3.63) is 11.3 Å². The van der Waals surface area contributed by atoms with Crippen LogP contribution < -0.4 is 10.5 Å². The van der Waals surface area contributed by atoms with Gasteiger partial charge in [-0.15, -0.1) is 0 Å². The van der Waals surface area contributed by atoms with Crippen molar-refractivity contribution in [2.24, 2.45) is 17.6 Å². The second-order valence-electron chi connectivity index (χ2n) is 6.16. The Morgan fingerprint density at radius 1 is 1.43 bits per heavy atom. The van der Waals surface area contributed by atoms with Crippen LogP contribution in [0.5, 0.6) is 0 Å². The SMILES string of the molecule is Cc1[nH]nc(S(=O)(=O)NCCC2CCCC(C)C2)c1CN. The summed E-state index contributed by atoms with van der Waals surface area (Å²) in [6.45, 7) is 4.68. The molecular weight excluding hydrogens is 288 g/mol. The number of sulfonamides is 1. The molecule has 1 aromatic heterocycles. The number of aromatic amines is 1. The average molecular weight is 314 g/mol. The molecule has 21 heavy (non-hydrogen) atoms. The third-order valence-corrected chi connectivity index (χ3v) is 5.82. The largest absolute Gasteiger partial charge is 0.326 e. The van der Waals surface area contributed by atoms with Crippen molar-refractivity contribution in [3.8, 4) is 0 Å². The number of rotatable bonds is 6. The number of nitrogens with two attached hydrogens (primary N) is 1. The van der Waals surface area contributed by atoms with Crippen molar-refractivity contribution < 1.29 is 8.42 Å². The van der Waals surface area contributed by atoms with Crippen molar-refractivity contribution in [1.29, 1.82) is 0 Å². The van der Waals surface area contributed by atoms with Gasteiger partial charge >= 0.3 is 0 Å². The first-order chi connectivity index (χ1) is 9.94. The van der Waals surface area contributed by atoms with Gasteiger partial charge in [-0.1, -0.05) is 26.2 Å². The molecule has 1 saturated carbocycles. The molecule has 0 saturated heterocycles. The van der Waals surface area contributed by atoms with E-state index in [1.165, 1.54) is 25.7 Å². The van der Waals surface area contributed by atoms with E-state index in [9.17, 15) is 8.42 Å². The number of aryl methyl sites for hydroxylation is 1. The standard InChI is InChI=1S/C14H26N4O2S/c1-10-4-3-5-12(8-10)6-7-16-21(19,20)14-13(9-15)11(2)17-18-14/h10,12,16H,3-9,15H2,1-2H3,(H,17,18). The maximum absolute atomic E-state index is 12.3. The molecule has 1 heterocycles. The summed E-state index contributed by atoms with van der Waals surface area (Å²) in [6, 6.07) is 0. The van der Waals surface area contributed by atoms with Gasteiger partial charge in [0.05, 0.1) is 0 Å². The lowest BCUT2D eigenvalue weighted by Gasteiger charge is -2.26. The van der Waals surface area contributed by atoms with Crippen LogP contribution in [0.1, 0.15) is 50.3 Å². The van der Waals surface area contributed by atoms with Crippen molar-refractivity contribution in [1.82, 2.24) is 14.9 Å². The van der Waals surface area contributed by atoms with Gasteiger partial charge in [0.25, 0.3) is 10.0 Å². The average Bonchev–Trinajstić information content (AvgIpc) is 2.80. The molecule has 120 valence electrons. The van der Waals surface area contributed by atoms with Gasteiger partial charge in [-0.2, -0.15) is 5.10 Å². The molecule has 7 heteroatoms. The Hall–Kier alpha value is -0.920. The number of H-pyrrole nitrogens is 1. The molecule has 2 atom stereocenters. The van der Waals surface area contributed by atoms with Crippen LogP contribution in [-0.4, -0.2) is 25.2 Å². The summed E-state index contributed by atoms with van der Waals surface area (Å²) < 4.78 is 27.2. The van der Waals surface area contributed by atoms with Crippen LogP contribution >= 0.6 is 0 Å². The minimum atomic E-state index is -3.57. The summed E-state index contributed by atoms with van der Waals surface area (Å²) in [5.41, 5.74) is 6.87. The third-order valence-electron chi connectivity index (χ3n) is 4.38. The topological polar surface area (TPSA) is 101 Å². The highest BCUT2D eigenvalue weighted by atomic mass is 32.2. The quantitative estimate of drug-likeness (QED) is 0.743. The van der Waals surface area contributed by atoms with E-state index >= 15 is 0 Å². The number of hydrogen-bond acceptors (Lipinski definition) is 4. The fourth-order valence-corrected chi connectivity index (χ4v) is 4.43. The van der Waals surface area contributed by atoms with Gasteiger partial charge in [0.15, 0.2) is 5.03 Å². The van der Waals surface area contributed by atoms with Crippen LogP contribution in [0, 0.1) is 18.8 Å². The minimum absolute atomic E-state index is 0.0412. The van der Waals surface area contributed by atoms with E-state index in [0.717, 1.165) is 12.3 Å². The minimum Gasteiger partial charge on any atom is -0.326 e. The predicted octanol–water partition coefficient (Wildman–Crippen LogP) is 1.67. The summed E-state index contributed by atoms with van der Waals surface area (Å²) in [4.78, 5) is 0. The number of nitrogens with one attached hydrogen (secondary N) is 2. The summed E-state index contributed by atoms with van der Waals surface area (Å²) in [6.07, 6.45) is 5.87. The molecule has 0 bridgehead atoms. The number of aromatic nitrogens is 2. The maximum atomic E-state index is 12.3. The van der Waals surface area contributed by atoms with Crippen LogP contribution in [-0.2, 0) is 16.6 Å². The zero-order valence-electron chi connectivity index (χ0n) is 12.9. The first-order valence-electron chi connectivity index (χ1n) is 7.67. The van der Waals surface area contributed by atoms with E-state index in [1.807, 2.05) is 0 Å². The lowest BCUT2D eigenvalue weighted by Crippen LogP contribution is -2.28. The molecule has 1 fully saturated rings. The van der Waals surface area contributed by atoms with E-state index < -0.39 is 10.0 Å². The molecule has 1 aliphatic rings. The Kier molecular flexibility index (Phi) is 5.40. The Morgan fingerprint density at radius 3 is 2.86 bits per heavy atom. The summed E-state index contributed by atoms with van der Waals surface area (Å²) >= 11 is 0. The van der Waals surface area contributed by atoms with E-state index in [-0.39, 0.29) is 11.6 Å². The maximum Gasteiger partial charge on any atom is 0.260 e. The van der Waals surface area contributed by atoms with Crippen LogP contribution in [0.2, 0.25) is 0 Å². The lowest BCUT2D eigenvalue weighted by atomic mass is 9.81. The molecule has 1 aromatic rings. The van der Waals surface area contributed by atoms with Gasteiger partial charge in [0, 0.05) is 24.3 Å². The van der Waals surface area contributed by atoms with Crippen molar-refractivity contribution in [2.75, 3.05) is 6.54 Å². The second-order valence-corrected chi connectivity index (χ2v) is 7.84. The van der Waals surface area contributed by atoms with Gasteiger partial charge < -0.3 is 5.73 Å². The Morgan fingerprint density at radius 2 is 2.19 bits per heavy atom. The van der Waals surface area contributed by atoms with Crippen molar-refractivity contribution >= 4 is 10.0 Å². The zero-order valence-corrected chi connectivity index (χ0v) is 13.7. The normalized spacial score (nSPS) is 23.4. The molecule has 2 rings (SSSR count). The summed E-state index contributed by atoms with van der Waals surface area (Å²) in [5.74, 6) is 1.39.